The van der Waals surface area contributed by atoms with Gasteiger partial charge in [0.2, 0.25) is 0 Å². The molecule has 0 saturated carbocycles. The maximum atomic E-state index is 13.3. The third-order valence-electron chi connectivity index (χ3n) is 3.85. The molecule has 0 saturated heterocycles. The number of benzene rings is 3. The van der Waals surface area contributed by atoms with Crippen LogP contribution in [-0.4, -0.2) is 27.8 Å². The molecule has 3 rings (SSSR count). The zero-order valence-electron chi connectivity index (χ0n) is 13.8. The highest BCUT2D eigenvalue weighted by Gasteiger charge is 2.23. The number of aromatic hydroxyl groups is 1. The number of nitrogens with one attached hydrogen (secondary N) is 1. The molecular formula is C17H11F2NO6S2. The molecule has 3 aromatic carbocycles. The van der Waals surface area contributed by atoms with E-state index in [0.29, 0.717) is 22.9 Å². The third-order valence-corrected chi connectivity index (χ3v) is 5.45. The summed E-state index contributed by atoms with van der Waals surface area (Å²) in [5, 5.41) is 13.1. The Hall–Kier alpha value is -3.05. The topological polar surface area (TPSA) is 118 Å². The van der Waals surface area contributed by atoms with Crippen LogP contribution in [0, 0.1) is 0 Å². The highest BCUT2D eigenvalue weighted by atomic mass is 32.3. The van der Waals surface area contributed by atoms with E-state index in [1.165, 1.54) is 24.3 Å². The molecule has 1 amide bonds. The van der Waals surface area contributed by atoms with Gasteiger partial charge in [-0.2, -0.15) is 16.8 Å². The number of hydrogen-bond donors (Lipinski definition) is 2. The van der Waals surface area contributed by atoms with Crippen LogP contribution in [0.15, 0.2) is 64.4 Å². The number of phenols is 1. The average Bonchev–Trinajstić information content (AvgIpc) is 2.61. The minimum absolute atomic E-state index is 0.0510. The van der Waals surface area contributed by atoms with Crippen molar-refractivity contribution in [2.24, 2.45) is 0 Å². The van der Waals surface area contributed by atoms with Crippen molar-refractivity contribution in [1.29, 1.82) is 0 Å². The number of halogens is 2. The summed E-state index contributed by atoms with van der Waals surface area (Å²) in [7, 11) is -10.8. The van der Waals surface area contributed by atoms with E-state index >= 15 is 0 Å². The van der Waals surface area contributed by atoms with Crippen LogP contribution < -0.4 is 5.32 Å². The van der Waals surface area contributed by atoms with Crippen molar-refractivity contribution in [2.45, 2.75) is 9.79 Å². The van der Waals surface area contributed by atoms with Gasteiger partial charge in [0.25, 0.3) is 5.91 Å². The van der Waals surface area contributed by atoms with Gasteiger partial charge >= 0.3 is 20.4 Å². The molecule has 0 aromatic heterocycles. The molecule has 0 aliphatic carbocycles. The van der Waals surface area contributed by atoms with E-state index < -0.39 is 41.7 Å². The monoisotopic (exact) mass is 427 g/mol. The van der Waals surface area contributed by atoms with Crippen LogP contribution in [0.2, 0.25) is 0 Å². The molecule has 28 heavy (non-hydrogen) atoms. The Labute approximate surface area is 158 Å². The molecule has 2 N–H and O–H groups in total. The second-order valence-corrected chi connectivity index (χ2v) is 8.39. The first-order valence-corrected chi connectivity index (χ1v) is 10.3. The first-order valence-electron chi connectivity index (χ1n) is 7.53. The summed E-state index contributed by atoms with van der Waals surface area (Å²) in [4.78, 5) is 10.1. The van der Waals surface area contributed by atoms with Crippen LogP contribution in [0.1, 0.15) is 10.4 Å². The van der Waals surface area contributed by atoms with Gasteiger partial charge in [0.15, 0.2) is 0 Å². The van der Waals surface area contributed by atoms with E-state index in [4.69, 9.17) is 0 Å². The molecule has 0 bridgehead atoms. The smallest absolute Gasteiger partial charge is 0.332 e. The van der Waals surface area contributed by atoms with Crippen LogP contribution in [0.25, 0.3) is 10.8 Å². The van der Waals surface area contributed by atoms with E-state index in [1.807, 2.05) is 0 Å². The van der Waals surface area contributed by atoms with E-state index in [-0.39, 0.29) is 17.5 Å². The van der Waals surface area contributed by atoms with Crippen molar-refractivity contribution in [2.75, 3.05) is 5.32 Å². The quantitative estimate of drug-likeness (QED) is 0.618. The van der Waals surface area contributed by atoms with Gasteiger partial charge in [0, 0.05) is 22.0 Å². The fraction of sp³-hybridized carbons (Fsp3) is 0. The fourth-order valence-electron chi connectivity index (χ4n) is 2.58. The van der Waals surface area contributed by atoms with Gasteiger partial charge in [-0.3, -0.25) is 4.79 Å². The number of fused-ring (bicyclic) bond motifs is 1. The van der Waals surface area contributed by atoms with Crippen molar-refractivity contribution >= 4 is 42.8 Å². The summed E-state index contributed by atoms with van der Waals surface area (Å²) in [6.07, 6.45) is 0. The number of carbonyl (C=O) groups excluding carboxylic acids is 1. The van der Waals surface area contributed by atoms with Gasteiger partial charge in [0.1, 0.15) is 15.5 Å². The maximum absolute atomic E-state index is 13.3. The van der Waals surface area contributed by atoms with Gasteiger partial charge in [-0.15, -0.1) is 7.77 Å². The van der Waals surface area contributed by atoms with Gasteiger partial charge in [-0.1, -0.05) is 24.3 Å². The molecule has 11 heteroatoms. The van der Waals surface area contributed by atoms with Crippen molar-refractivity contribution in [3.63, 3.8) is 0 Å². The summed E-state index contributed by atoms with van der Waals surface area (Å²) in [5.74, 6) is -1.06. The van der Waals surface area contributed by atoms with Crippen LogP contribution in [0.4, 0.5) is 13.5 Å². The number of anilines is 1. The number of phenolic OH excluding ortho intramolecular Hbond substituents is 1. The van der Waals surface area contributed by atoms with Crippen LogP contribution in [-0.2, 0) is 20.4 Å². The van der Waals surface area contributed by atoms with E-state index in [0.717, 1.165) is 0 Å². The first kappa shape index (κ1) is 19.7. The van der Waals surface area contributed by atoms with Crippen molar-refractivity contribution in [3.8, 4) is 5.75 Å². The SMILES string of the molecule is O=C(Nc1cccc2c(O)cccc12)c1cc(S(=O)(=O)F)cc(S(=O)(=O)F)c1. The third kappa shape index (κ3) is 3.94. The van der Waals surface area contributed by atoms with Gasteiger partial charge < -0.3 is 10.4 Å². The summed E-state index contributed by atoms with van der Waals surface area (Å²) in [6, 6.07) is 10.6. The molecule has 0 spiro atoms. The Morgan fingerprint density at radius 1 is 0.821 bits per heavy atom. The molecule has 3 aromatic rings. The highest BCUT2D eigenvalue weighted by molar-refractivity contribution is 7.87. The lowest BCUT2D eigenvalue weighted by Crippen LogP contribution is -2.14. The number of carbonyl (C=O) groups is 1. The Balaban J connectivity index is 2.10. The highest BCUT2D eigenvalue weighted by Crippen LogP contribution is 2.30. The zero-order chi connectivity index (χ0) is 20.7. The van der Waals surface area contributed by atoms with Crippen LogP contribution in [0.3, 0.4) is 0 Å². The predicted molar refractivity (Wildman–Crippen MR) is 96.6 cm³/mol. The molecular weight excluding hydrogens is 416 g/mol. The molecule has 146 valence electrons. The lowest BCUT2D eigenvalue weighted by atomic mass is 10.1. The molecule has 7 nitrogen and oxygen atoms in total. The van der Waals surface area contributed by atoms with Crippen molar-refractivity contribution in [3.05, 3.63) is 60.2 Å². The van der Waals surface area contributed by atoms with Gasteiger partial charge in [-0.25, -0.2) is 0 Å². The van der Waals surface area contributed by atoms with E-state index in [2.05, 4.69) is 5.32 Å². The molecule has 0 aliphatic heterocycles. The number of rotatable bonds is 4. The summed E-state index contributed by atoms with van der Waals surface area (Å²) >= 11 is 0. The summed E-state index contributed by atoms with van der Waals surface area (Å²) < 4.78 is 71.1. The lowest BCUT2D eigenvalue weighted by molar-refractivity contribution is 0.102. The van der Waals surface area contributed by atoms with Crippen molar-refractivity contribution < 1.29 is 34.5 Å². The largest absolute Gasteiger partial charge is 0.507 e. The second-order valence-electron chi connectivity index (χ2n) is 5.70. The average molecular weight is 427 g/mol. The van der Waals surface area contributed by atoms with Crippen LogP contribution in [0.5, 0.6) is 5.75 Å². The summed E-state index contributed by atoms with van der Waals surface area (Å²) in [5.41, 5.74) is -0.385. The minimum Gasteiger partial charge on any atom is -0.507 e. The molecule has 0 atom stereocenters. The molecule has 0 unspecified atom stereocenters. The zero-order valence-corrected chi connectivity index (χ0v) is 15.4. The summed E-state index contributed by atoms with van der Waals surface area (Å²) in [6.45, 7) is 0. The molecule has 0 heterocycles. The van der Waals surface area contributed by atoms with Gasteiger partial charge in [-0.05, 0) is 30.3 Å². The predicted octanol–water partition coefficient (Wildman–Crippen LogP) is 3.11. The Morgan fingerprint density at radius 2 is 1.36 bits per heavy atom. The van der Waals surface area contributed by atoms with E-state index in [9.17, 15) is 34.5 Å². The van der Waals surface area contributed by atoms with Gasteiger partial charge in [0.05, 0.1) is 0 Å². The molecule has 0 fully saturated rings. The Bertz CT molecular complexity index is 1270. The number of hydrogen-bond acceptors (Lipinski definition) is 6. The van der Waals surface area contributed by atoms with Crippen LogP contribution >= 0.6 is 0 Å². The fourth-order valence-corrected chi connectivity index (χ4v) is 3.73. The lowest BCUT2D eigenvalue weighted by Gasteiger charge is -2.10. The first-order chi connectivity index (χ1) is 13.0. The minimum atomic E-state index is -5.40. The van der Waals surface area contributed by atoms with Crippen molar-refractivity contribution in [1.82, 2.24) is 0 Å². The Kier molecular flexibility index (Phi) is 4.81. The molecule has 0 radical (unpaired) electrons. The molecule has 0 aliphatic rings. The maximum Gasteiger partial charge on any atom is 0.332 e. The Morgan fingerprint density at radius 3 is 1.93 bits per heavy atom. The van der Waals surface area contributed by atoms with E-state index in [1.54, 1.807) is 12.1 Å². The second kappa shape index (κ2) is 6.84. The normalized spacial score (nSPS) is 12.1. The number of amides is 1. The standard InChI is InChI=1S/C17H11F2NO6S2/c18-27(23,24)11-7-10(8-12(9-11)28(19,25)26)17(22)20-15-5-1-4-14-13(15)3-2-6-16(14)21/h1-9,21H,(H,20,22).